The molecule has 1 aliphatic carbocycles. The maximum absolute atomic E-state index is 13.8. The van der Waals surface area contributed by atoms with E-state index in [2.05, 4.69) is 10.6 Å². The van der Waals surface area contributed by atoms with E-state index in [1.54, 1.807) is 6.07 Å². The molecule has 0 bridgehead atoms. The van der Waals surface area contributed by atoms with E-state index < -0.39 is 5.54 Å². The predicted octanol–water partition coefficient (Wildman–Crippen LogP) is 3.54. The van der Waals surface area contributed by atoms with E-state index in [1.807, 2.05) is 30.3 Å². The minimum absolute atomic E-state index is 0.0621. The molecule has 6 heteroatoms. The third-order valence-electron chi connectivity index (χ3n) is 5.64. The Morgan fingerprint density at radius 3 is 2.45 bits per heavy atom. The molecule has 2 fully saturated rings. The van der Waals surface area contributed by atoms with Crippen LogP contribution in [0.1, 0.15) is 36.8 Å². The number of benzene rings is 2. The third kappa shape index (κ3) is 4.82. The van der Waals surface area contributed by atoms with Crippen LogP contribution in [0.5, 0.6) is 0 Å². The fourth-order valence-corrected chi connectivity index (χ4v) is 3.78. The number of ether oxygens (including phenoxy) is 1. The number of carbonyl (C=O) groups excluding carboxylic acids is 2. The summed E-state index contributed by atoms with van der Waals surface area (Å²) in [7, 11) is 0. The van der Waals surface area contributed by atoms with Crippen molar-refractivity contribution in [1.29, 1.82) is 0 Å². The summed E-state index contributed by atoms with van der Waals surface area (Å²) in [5.41, 5.74) is 1.75. The van der Waals surface area contributed by atoms with Crippen molar-refractivity contribution in [3.05, 3.63) is 65.5 Å². The number of amides is 2. The van der Waals surface area contributed by atoms with Crippen molar-refractivity contribution in [2.24, 2.45) is 5.92 Å². The normalized spacial score (nSPS) is 18.1. The average Bonchev–Trinajstić information content (AvgIpc) is 3.56. The zero-order valence-corrected chi connectivity index (χ0v) is 16.2. The summed E-state index contributed by atoms with van der Waals surface area (Å²) in [6.45, 7) is 1.04. The maximum atomic E-state index is 13.8. The van der Waals surface area contributed by atoms with E-state index in [0.717, 1.165) is 29.7 Å². The van der Waals surface area contributed by atoms with Gasteiger partial charge in [0.05, 0.1) is 12.0 Å². The Morgan fingerprint density at radius 2 is 1.79 bits per heavy atom. The third-order valence-corrected chi connectivity index (χ3v) is 5.64. The number of halogens is 1. The van der Waals surface area contributed by atoms with Crippen LogP contribution < -0.4 is 10.6 Å². The van der Waals surface area contributed by atoms with Gasteiger partial charge in [0, 0.05) is 24.8 Å². The molecule has 2 aliphatic rings. The van der Waals surface area contributed by atoms with Gasteiger partial charge in [-0.3, -0.25) is 9.59 Å². The quantitative estimate of drug-likeness (QED) is 0.785. The lowest BCUT2D eigenvalue weighted by molar-refractivity contribution is -0.124. The predicted molar refractivity (Wildman–Crippen MR) is 108 cm³/mol. The van der Waals surface area contributed by atoms with Gasteiger partial charge in [-0.05, 0) is 61.1 Å². The van der Waals surface area contributed by atoms with E-state index >= 15 is 0 Å². The highest BCUT2D eigenvalue weighted by Crippen LogP contribution is 2.33. The Labute approximate surface area is 169 Å². The molecule has 0 unspecified atom stereocenters. The Morgan fingerprint density at radius 1 is 1.07 bits per heavy atom. The van der Waals surface area contributed by atoms with Crippen molar-refractivity contribution in [1.82, 2.24) is 5.32 Å². The molecule has 0 radical (unpaired) electrons. The smallest absolute Gasteiger partial charge is 0.227 e. The number of rotatable bonds is 6. The lowest BCUT2D eigenvalue weighted by Crippen LogP contribution is -2.50. The molecule has 0 atom stereocenters. The number of hydrogen-bond acceptors (Lipinski definition) is 3. The zero-order chi connectivity index (χ0) is 20.3. The van der Waals surface area contributed by atoms with E-state index in [1.165, 1.54) is 12.1 Å². The molecular formula is C23H25FN2O3. The van der Waals surface area contributed by atoms with Crippen molar-refractivity contribution >= 4 is 17.5 Å². The monoisotopic (exact) mass is 396 g/mol. The summed E-state index contributed by atoms with van der Waals surface area (Å²) in [4.78, 5) is 24.6. The van der Waals surface area contributed by atoms with E-state index in [4.69, 9.17) is 4.74 Å². The fourth-order valence-electron chi connectivity index (χ4n) is 3.78. The SMILES string of the molecule is O=C(Cc1ccc(NC(=O)C2CC2)cc1)NC1(c2cccc(F)c2)CCOCC1. The molecule has 1 aliphatic heterocycles. The highest BCUT2D eigenvalue weighted by atomic mass is 19.1. The maximum Gasteiger partial charge on any atom is 0.227 e. The summed E-state index contributed by atoms with van der Waals surface area (Å²) in [5.74, 6) is -0.219. The van der Waals surface area contributed by atoms with Crippen LogP contribution in [0.15, 0.2) is 48.5 Å². The minimum Gasteiger partial charge on any atom is -0.381 e. The van der Waals surface area contributed by atoms with E-state index in [9.17, 15) is 14.0 Å². The first-order valence-electron chi connectivity index (χ1n) is 10.1. The second-order valence-electron chi connectivity index (χ2n) is 7.89. The van der Waals surface area contributed by atoms with Crippen LogP contribution in [0, 0.1) is 11.7 Å². The van der Waals surface area contributed by atoms with Crippen molar-refractivity contribution < 1.29 is 18.7 Å². The first-order valence-corrected chi connectivity index (χ1v) is 10.1. The zero-order valence-electron chi connectivity index (χ0n) is 16.2. The number of hydrogen-bond donors (Lipinski definition) is 2. The molecule has 1 heterocycles. The summed E-state index contributed by atoms with van der Waals surface area (Å²) in [6.07, 6.45) is 3.35. The van der Waals surface area contributed by atoms with Crippen LogP contribution in [0.3, 0.4) is 0 Å². The number of nitrogens with one attached hydrogen (secondary N) is 2. The summed E-state index contributed by atoms with van der Waals surface area (Å²) in [5, 5.41) is 6.03. The molecule has 29 heavy (non-hydrogen) atoms. The highest BCUT2D eigenvalue weighted by Gasteiger charge is 2.36. The van der Waals surface area contributed by atoms with Gasteiger partial charge in [-0.25, -0.2) is 4.39 Å². The van der Waals surface area contributed by atoms with Gasteiger partial charge in [-0.1, -0.05) is 24.3 Å². The first-order chi connectivity index (χ1) is 14.0. The second-order valence-corrected chi connectivity index (χ2v) is 7.89. The van der Waals surface area contributed by atoms with Crippen LogP contribution in [-0.4, -0.2) is 25.0 Å². The highest BCUT2D eigenvalue weighted by molar-refractivity contribution is 5.94. The molecule has 0 spiro atoms. The van der Waals surface area contributed by atoms with Crippen molar-refractivity contribution in [2.75, 3.05) is 18.5 Å². The lowest BCUT2D eigenvalue weighted by atomic mass is 9.82. The number of carbonyl (C=O) groups is 2. The molecule has 2 N–H and O–H groups in total. The first kappa shape index (κ1) is 19.6. The molecule has 2 amide bonds. The van der Waals surface area contributed by atoms with Gasteiger partial charge in [-0.2, -0.15) is 0 Å². The van der Waals surface area contributed by atoms with Gasteiger partial charge in [0.15, 0.2) is 0 Å². The molecule has 2 aromatic rings. The van der Waals surface area contributed by atoms with Crippen LogP contribution in [0.4, 0.5) is 10.1 Å². The van der Waals surface area contributed by atoms with Crippen molar-refractivity contribution in [3.8, 4) is 0 Å². The molecule has 4 rings (SSSR count). The molecule has 1 saturated heterocycles. The van der Waals surface area contributed by atoms with Crippen LogP contribution in [0.25, 0.3) is 0 Å². The van der Waals surface area contributed by atoms with Gasteiger partial charge < -0.3 is 15.4 Å². The molecular weight excluding hydrogens is 371 g/mol. The average molecular weight is 396 g/mol. The van der Waals surface area contributed by atoms with E-state index in [0.29, 0.717) is 26.1 Å². The van der Waals surface area contributed by atoms with E-state index in [-0.39, 0.29) is 30.0 Å². The molecule has 0 aromatic heterocycles. The van der Waals surface area contributed by atoms with Crippen molar-refractivity contribution in [3.63, 3.8) is 0 Å². The van der Waals surface area contributed by atoms with Gasteiger partial charge in [0.25, 0.3) is 0 Å². The largest absolute Gasteiger partial charge is 0.381 e. The summed E-state index contributed by atoms with van der Waals surface area (Å²) in [6, 6.07) is 13.8. The molecule has 5 nitrogen and oxygen atoms in total. The van der Waals surface area contributed by atoms with Gasteiger partial charge in [0.2, 0.25) is 11.8 Å². The molecule has 1 saturated carbocycles. The Bertz CT molecular complexity index is 887. The van der Waals surface area contributed by atoms with Crippen LogP contribution in [-0.2, 0) is 26.3 Å². The number of anilines is 1. The second kappa shape index (κ2) is 8.33. The fraction of sp³-hybridized carbons (Fsp3) is 0.391. The molecule has 152 valence electrons. The summed E-state index contributed by atoms with van der Waals surface area (Å²) < 4.78 is 19.2. The van der Waals surface area contributed by atoms with Crippen LogP contribution in [0.2, 0.25) is 0 Å². The van der Waals surface area contributed by atoms with Gasteiger partial charge >= 0.3 is 0 Å². The minimum atomic E-state index is -0.615. The Kier molecular flexibility index (Phi) is 5.62. The topological polar surface area (TPSA) is 67.4 Å². The van der Waals surface area contributed by atoms with Crippen molar-refractivity contribution in [2.45, 2.75) is 37.6 Å². The summed E-state index contributed by atoms with van der Waals surface area (Å²) >= 11 is 0. The lowest BCUT2D eigenvalue weighted by Gasteiger charge is -2.38. The van der Waals surface area contributed by atoms with Gasteiger partial charge in [0.1, 0.15) is 5.82 Å². The molecule has 2 aromatic carbocycles. The Hall–Kier alpha value is -2.73. The Balaban J connectivity index is 1.42. The van der Waals surface area contributed by atoms with Gasteiger partial charge in [-0.15, -0.1) is 0 Å². The standard InChI is InChI=1S/C23H25FN2O3/c24-19-3-1-2-18(15-19)23(10-12-29-13-11-23)26-21(27)14-16-4-8-20(9-5-16)25-22(28)17-6-7-17/h1-5,8-9,15,17H,6-7,10-14H2,(H,25,28)(H,26,27). The van der Waals surface area contributed by atoms with Crippen LogP contribution >= 0.6 is 0 Å².